The van der Waals surface area contributed by atoms with Crippen molar-refractivity contribution in [2.24, 2.45) is 11.1 Å². The number of nitrogens with zero attached hydrogens (tertiary/aromatic N) is 1. The van der Waals surface area contributed by atoms with Crippen LogP contribution in [0.3, 0.4) is 0 Å². The maximum absolute atomic E-state index is 13.4. The van der Waals surface area contributed by atoms with Gasteiger partial charge in [0.15, 0.2) is 0 Å². The Labute approximate surface area is 194 Å². The average molecular weight is 475 g/mol. The van der Waals surface area contributed by atoms with E-state index in [0.717, 1.165) is 12.5 Å². The minimum atomic E-state index is -0.930. The summed E-state index contributed by atoms with van der Waals surface area (Å²) in [6.07, 6.45) is 2.06. The van der Waals surface area contributed by atoms with E-state index in [2.05, 4.69) is 10.6 Å². The molecular formula is C23H24ClFN4O4. The molecule has 3 fully saturated rings. The molecule has 174 valence electrons. The monoisotopic (exact) mass is 474 g/mol. The largest absolute Gasteiger partial charge is 0.378 e. The minimum Gasteiger partial charge on any atom is -0.378 e. The summed E-state index contributed by atoms with van der Waals surface area (Å²) in [7, 11) is 0. The summed E-state index contributed by atoms with van der Waals surface area (Å²) in [5, 5.41) is 15.1. The number of anilines is 1. The highest BCUT2D eigenvalue weighted by molar-refractivity contribution is 6.44. The Balaban J connectivity index is 1.37. The molecule has 1 unspecified atom stereocenters. The van der Waals surface area contributed by atoms with Crippen LogP contribution < -0.4 is 16.4 Å². The third kappa shape index (κ3) is 3.29. The number of hydrogen-bond donors (Lipinski definition) is 4. The molecule has 1 atom stereocenters. The first-order chi connectivity index (χ1) is 15.6. The van der Waals surface area contributed by atoms with Crippen molar-refractivity contribution in [2.45, 2.75) is 57.3 Å². The SMILES string of the molecule is Cc1c(C(=O)C(=O)NC23CC(C(N)O)(C2)C3)c2n(c1C(=O)Nc1ccc(F)c(Cl)c1)CCC2. The van der Waals surface area contributed by atoms with Gasteiger partial charge in [-0.1, -0.05) is 11.6 Å². The molecule has 3 saturated carbocycles. The number of aliphatic hydroxyl groups excluding tert-OH is 1. The van der Waals surface area contributed by atoms with Gasteiger partial charge in [0.25, 0.3) is 17.6 Å². The molecule has 4 aliphatic rings. The molecule has 6 rings (SSSR count). The predicted molar refractivity (Wildman–Crippen MR) is 119 cm³/mol. The molecule has 10 heteroatoms. The summed E-state index contributed by atoms with van der Waals surface area (Å²) in [5.74, 6) is -2.44. The number of fused-ring (bicyclic) bond motifs is 1. The molecule has 1 aromatic carbocycles. The van der Waals surface area contributed by atoms with Crippen LogP contribution in [-0.2, 0) is 17.8 Å². The van der Waals surface area contributed by atoms with E-state index < -0.39 is 35.2 Å². The van der Waals surface area contributed by atoms with Crippen LogP contribution in [0.25, 0.3) is 0 Å². The fourth-order valence-electron chi connectivity index (χ4n) is 5.80. The van der Waals surface area contributed by atoms with Crippen LogP contribution in [0.15, 0.2) is 18.2 Å². The molecule has 8 nitrogen and oxygen atoms in total. The van der Waals surface area contributed by atoms with Crippen molar-refractivity contribution in [3.05, 3.63) is 51.6 Å². The molecular weight excluding hydrogens is 451 g/mol. The number of ketones is 1. The first-order valence-corrected chi connectivity index (χ1v) is 11.2. The molecule has 0 radical (unpaired) electrons. The van der Waals surface area contributed by atoms with Crippen LogP contribution in [0.1, 0.15) is 57.8 Å². The molecule has 0 spiro atoms. The summed E-state index contributed by atoms with van der Waals surface area (Å²) >= 11 is 5.81. The van der Waals surface area contributed by atoms with Crippen LogP contribution >= 0.6 is 11.6 Å². The highest BCUT2D eigenvalue weighted by Crippen LogP contribution is 2.68. The number of aliphatic hydroxyl groups is 1. The number of nitrogens with one attached hydrogen (secondary N) is 2. The number of Topliss-reactive ketones (excluding diaryl/α,β-unsaturated/α-hetero) is 1. The molecule has 1 aliphatic heterocycles. The molecule has 2 bridgehead atoms. The smallest absolute Gasteiger partial charge is 0.292 e. The Bertz CT molecular complexity index is 1200. The molecule has 5 N–H and O–H groups in total. The fraction of sp³-hybridized carbons (Fsp3) is 0.435. The third-order valence-corrected chi connectivity index (χ3v) is 7.60. The zero-order valence-corrected chi connectivity index (χ0v) is 18.8. The van der Waals surface area contributed by atoms with Gasteiger partial charge in [-0.15, -0.1) is 0 Å². The second kappa shape index (κ2) is 7.38. The van der Waals surface area contributed by atoms with Crippen molar-refractivity contribution in [1.29, 1.82) is 0 Å². The number of amides is 2. The van der Waals surface area contributed by atoms with Crippen molar-refractivity contribution in [3.8, 4) is 0 Å². The normalized spacial score (nSPS) is 25.5. The van der Waals surface area contributed by atoms with Crippen molar-refractivity contribution in [3.63, 3.8) is 0 Å². The summed E-state index contributed by atoms with van der Waals surface area (Å²) in [6, 6.07) is 3.87. The number of hydrogen-bond acceptors (Lipinski definition) is 5. The number of benzene rings is 1. The Hall–Kier alpha value is -2.75. The molecule has 0 saturated heterocycles. The number of nitrogens with two attached hydrogens (primary N) is 1. The molecule has 2 heterocycles. The van der Waals surface area contributed by atoms with E-state index in [0.29, 0.717) is 54.9 Å². The number of halogens is 2. The van der Waals surface area contributed by atoms with E-state index in [1.807, 2.05) is 0 Å². The maximum atomic E-state index is 13.4. The van der Waals surface area contributed by atoms with Crippen molar-refractivity contribution in [2.75, 3.05) is 5.32 Å². The second-order valence-electron chi connectivity index (χ2n) is 9.53. The van der Waals surface area contributed by atoms with Crippen LogP contribution in [0.4, 0.5) is 10.1 Å². The summed E-state index contributed by atoms with van der Waals surface area (Å²) in [6.45, 7) is 2.21. The topological polar surface area (TPSA) is 126 Å². The van der Waals surface area contributed by atoms with Crippen LogP contribution in [0.2, 0.25) is 5.02 Å². The molecule has 2 amide bonds. The van der Waals surface area contributed by atoms with Gasteiger partial charge in [0, 0.05) is 28.9 Å². The van der Waals surface area contributed by atoms with Crippen LogP contribution in [-0.4, -0.2) is 39.0 Å². The average Bonchev–Trinajstić information content (AvgIpc) is 3.24. The fourth-order valence-corrected chi connectivity index (χ4v) is 5.98. The number of aromatic nitrogens is 1. The Morgan fingerprint density at radius 1 is 1.27 bits per heavy atom. The number of carbonyl (C=O) groups is 3. The van der Waals surface area contributed by atoms with Gasteiger partial charge in [-0.25, -0.2) is 4.39 Å². The van der Waals surface area contributed by atoms with E-state index in [1.54, 1.807) is 11.5 Å². The van der Waals surface area contributed by atoms with E-state index in [1.165, 1.54) is 12.1 Å². The zero-order chi connectivity index (χ0) is 23.7. The van der Waals surface area contributed by atoms with Crippen LogP contribution in [0, 0.1) is 18.2 Å². The van der Waals surface area contributed by atoms with E-state index in [9.17, 15) is 23.9 Å². The standard InChI is InChI=1S/C23H24ClFN4O4/c1-11-16(18(30)20(32)28-23-8-22(9-23,10-23)21(26)33)15-3-2-6-29(15)17(11)19(31)27-12-4-5-14(25)13(24)7-12/h4-5,7,21,33H,2-3,6,8-10,26H2,1H3,(H,27,31)(H,28,32). The zero-order valence-electron chi connectivity index (χ0n) is 18.0. The summed E-state index contributed by atoms with van der Waals surface area (Å²) in [5.41, 5.74) is 6.76. The van der Waals surface area contributed by atoms with E-state index in [4.69, 9.17) is 17.3 Å². The van der Waals surface area contributed by atoms with E-state index >= 15 is 0 Å². The van der Waals surface area contributed by atoms with Gasteiger partial charge in [-0.2, -0.15) is 0 Å². The van der Waals surface area contributed by atoms with Crippen molar-refractivity contribution < 1.29 is 23.9 Å². The van der Waals surface area contributed by atoms with E-state index in [-0.39, 0.29) is 16.0 Å². The Morgan fingerprint density at radius 2 is 1.97 bits per heavy atom. The quantitative estimate of drug-likeness (QED) is 0.290. The van der Waals surface area contributed by atoms with Gasteiger partial charge in [-0.05, 0) is 62.8 Å². The van der Waals surface area contributed by atoms with Gasteiger partial charge < -0.3 is 26.0 Å². The first-order valence-electron chi connectivity index (χ1n) is 10.8. The van der Waals surface area contributed by atoms with Crippen molar-refractivity contribution >= 4 is 34.9 Å². The Kier molecular flexibility index (Phi) is 4.93. The highest BCUT2D eigenvalue weighted by atomic mass is 35.5. The van der Waals surface area contributed by atoms with Gasteiger partial charge >= 0.3 is 0 Å². The second-order valence-corrected chi connectivity index (χ2v) is 9.94. The molecule has 2 aromatic rings. The summed E-state index contributed by atoms with van der Waals surface area (Å²) < 4.78 is 15.2. The summed E-state index contributed by atoms with van der Waals surface area (Å²) in [4.78, 5) is 39.1. The van der Waals surface area contributed by atoms with Gasteiger partial charge in [0.1, 0.15) is 17.7 Å². The maximum Gasteiger partial charge on any atom is 0.292 e. The van der Waals surface area contributed by atoms with Gasteiger partial charge in [-0.3, -0.25) is 14.4 Å². The lowest BCUT2D eigenvalue weighted by atomic mass is 9.38. The molecule has 3 aliphatic carbocycles. The lowest BCUT2D eigenvalue weighted by molar-refractivity contribution is -0.212. The van der Waals surface area contributed by atoms with Crippen molar-refractivity contribution in [1.82, 2.24) is 9.88 Å². The lowest BCUT2D eigenvalue weighted by Crippen LogP contribution is -2.79. The highest BCUT2D eigenvalue weighted by Gasteiger charge is 2.71. The predicted octanol–water partition coefficient (Wildman–Crippen LogP) is 2.29. The van der Waals surface area contributed by atoms with Crippen LogP contribution in [0.5, 0.6) is 0 Å². The molecule has 1 aromatic heterocycles. The van der Waals surface area contributed by atoms with Gasteiger partial charge in [0.2, 0.25) is 0 Å². The lowest BCUT2D eigenvalue weighted by Gasteiger charge is -2.71. The minimum absolute atomic E-state index is 0.116. The molecule has 33 heavy (non-hydrogen) atoms. The van der Waals surface area contributed by atoms with Gasteiger partial charge in [0.05, 0.1) is 10.6 Å². The third-order valence-electron chi connectivity index (χ3n) is 7.31. The number of carbonyl (C=O) groups excluding carboxylic acids is 3. The number of rotatable bonds is 6. The first kappa shape index (κ1) is 22.1. The Morgan fingerprint density at radius 3 is 2.61 bits per heavy atom.